The molecule has 3 aromatic rings. The number of imidazole rings is 1. The summed E-state index contributed by atoms with van der Waals surface area (Å²) in [4.78, 5) is 19.5. The van der Waals surface area contributed by atoms with Crippen LogP contribution in [0.4, 0.5) is 0 Å². The molecule has 0 amide bonds. The normalized spacial score (nSPS) is 10.8. The number of benzene rings is 2. The van der Waals surface area contributed by atoms with Crippen LogP contribution in [0.15, 0.2) is 36.4 Å². The van der Waals surface area contributed by atoms with Crippen LogP contribution in [-0.2, 0) is 4.74 Å². The number of esters is 1. The SMILES string of the molecule is COC(=O)c1ccc2nc(-c3cccc(C)c3C)[nH]c2c1. The van der Waals surface area contributed by atoms with E-state index in [2.05, 4.69) is 29.9 Å². The Bertz CT molecular complexity index is 834. The van der Waals surface area contributed by atoms with Crippen molar-refractivity contribution in [2.45, 2.75) is 13.8 Å². The lowest BCUT2D eigenvalue weighted by atomic mass is 10.0. The van der Waals surface area contributed by atoms with Crippen LogP contribution in [0.3, 0.4) is 0 Å². The van der Waals surface area contributed by atoms with Gasteiger partial charge in [-0.25, -0.2) is 9.78 Å². The molecule has 1 N–H and O–H groups in total. The molecule has 0 spiro atoms. The highest BCUT2D eigenvalue weighted by Gasteiger charge is 2.11. The summed E-state index contributed by atoms with van der Waals surface area (Å²) < 4.78 is 4.74. The van der Waals surface area contributed by atoms with E-state index in [-0.39, 0.29) is 5.97 Å². The maximum atomic E-state index is 11.6. The Hall–Kier alpha value is -2.62. The summed E-state index contributed by atoms with van der Waals surface area (Å²) in [7, 11) is 1.38. The van der Waals surface area contributed by atoms with Gasteiger partial charge in [0.15, 0.2) is 0 Å². The topological polar surface area (TPSA) is 55.0 Å². The van der Waals surface area contributed by atoms with E-state index in [0.717, 1.165) is 22.4 Å². The van der Waals surface area contributed by atoms with E-state index in [4.69, 9.17) is 4.74 Å². The number of fused-ring (bicyclic) bond motifs is 1. The third kappa shape index (κ3) is 2.29. The number of aryl methyl sites for hydroxylation is 1. The van der Waals surface area contributed by atoms with Crippen LogP contribution in [0, 0.1) is 13.8 Å². The fourth-order valence-corrected chi connectivity index (χ4v) is 2.39. The third-order valence-electron chi connectivity index (χ3n) is 3.76. The lowest BCUT2D eigenvalue weighted by Crippen LogP contribution is -2.00. The number of carbonyl (C=O) groups is 1. The zero-order chi connectivity index (χ0) is 15.0. The van der Waals surface area contributed by atoms with Crippen LogP contribution in [0.2, 0.25) is 0 Å². The van der Waals surface area contributed by atoms with Gasteiger partial charge < -0.3 is 9.72 Å². The average Bonchev–Trinajstić information content (AvgIpc) is 2.91. The highest BCUT2D eigenvalue weighted by atomic mass is 16.5. The van der Waals surface area contributed by atoms with Gasteiger partial charge >= 0.3 is 5.97 Å². The van der Waals surface area contributed by atoms with Crippen molar-refractivity contribution in [1.29, 1.82) is 0 Å². The summed E-state index contributed by atoms with van der Waals surface area (Å²) in [5, 5.41) is 0. The van der Waals surface area contributed by atoms with Gasteiger partial charge in [-0.1, -0.05) is 18.2 Å². The number of aromatic amines is 1. The Labute approximate surface area is 122 Å². The predicted octanol–water partition coefficient (Wildman–Crippen LogP) is 3.63. The van der Waals surface area contributed by atoms with Gasteiger partial charge in [0.05, 0.1) is 23.7 Å². The minimum absolute atomic E-state index is 0.347. The van der Waals surface area contributed by atoms with Gasteiger partial charge in [0.2, 0.25) is 0 Å². The minimum Gasteiger partial charge on any atom is -0.465 e. The molecule has 0 radical (unpaired) electrons. The molecule has 1 aromatic heterocycles. The van der Waals surface area contributed by atoms with Gasteiger partial charge in [-0.15, -0.1) is 0 Å². The van der Waals surface area contributed by atoms with Crippen molar-refractivity contribution in [2.24, 2.45) is 0 Å². The third-order valence-corrected chi connectivity index (χ3v) is 3.76. The highest BCUT2D eigenvalue weighted by Crippen LogP contribution is 2.25. The van der Waals surface area contributed by atoms with E-state index in [1.165, 1.54) is 18.2 Å². The zero-order valence-corrected chi connectivity index (χ0v) is 12.2. The molecule has 2 aromatic carbocycles. The fraction of sp³-hybridized carbons (Fsp3) is 0.176. The molecule has 0 aliphatic rings. The average molecular weight is 280 g/mol. The number of methoxy groups -OCH3 is 1. The number of H-pyrrole nitrogens is 1. The molecule has 1 heterocycles. The van der Waals surface area contributed by atoms with Crippen LogP contribution in [0.25, 0.3) is 22.4 Å². The Balaban J connectivity index is 2.13. The monoisotopic (exact) mass is 280 g/mol. The first-order valence-corrected chi connectivity index (χ1v) is 6.75. The van der Waals surface area contributed by atoms with Crippen molar-refractivity contribution in [2.75, 3.05) is 7.11 Å². The summed E-state index contributed by atoms with van der Waals surface area (Å²) in [5.74, 6) is 0.466. The molecule has 0 aliphatic carbocycles. The van der Waals surface area contributed by atoms with Crippen molar-refractivity contribution in [3.05, 3.63) is 53.1 Å². The zero-order valence-electron chi connectivity index (χ0n) is 12.2. The summed E-state index contributed by atoms with van der Waals surface area (Å²) >= 11 is 0. The van der Waals surface area contributed by atoms with Crippen molar-refractivity contribution >= 4 is 17.0 Å². The van der Waals surface area contributed by atoms with Crippen LogP contribution in [0.1, 0.15) is 21.5 Å². The Morgan fingerprint density at radius 2 is 2.00 bits per heavy atom. The highest BCUT2D eigenvalue weighted by molar-refractivity contribution is 5.94. The van der Waals surface area contributed by atoms with Crippen LogP contribution in [0.5, 0.6) is 0 Å². The predicted molar refractivity (Wildman–Crippen MR) is 82.3 cm³/mol. The van der Waals surface area contributed by atoms with Gasteiger partial charge in [0.25, 0.3) is 0 Å². The Morgan fingerprint density at radius 1 is 1.19 bits per heavy atom. The molecule has 0 fully saturated rings. The lowest BCUT2D eigenvalue weighted by Gasteiger charge is -2.05. The van der Waals surface area contributed by atoms with Crippen LogP contribution >= 0.6 is 0 Å². The molecule has 3 rings (SSSR count). The van der Waals surface area contributed by atoms with Gasteiger partial charge in [0.1, 0.15) is 5.82 Å². The molecule has 4 nitrogen and oxygen atoms in total. The number of hydrogen-bond acceptors (Lipinski definition) is 3. The molecule has 0 saturated carbocycles. The van der Waals surface area contributed by atoms with Gasteiger partial charge in [-0.3, -0.25) is 0 Å². The molecular formula is C17H16N2O2. The number of nitrogens with one attached hydrogen (secondary N) is 1. The quantitative estimate of drug-likeness (QED) is 0.729. The molecule has 106 valence electrons. The molecule has 21 heavy (non-hydrogen) atoms. The first-order valence-electron chi connectivity index (χ1n) is 6.75. The first-order chi connectivity index (χ1) is 10.1. The standard InChI is InChI=1S/C17H16N2O2/c1-10-5-4-6-13(11(10)2)16-18-14-8-7-12(17(20)21-3)9-15(14)19-16/h4-9H,1-3H3,(H,18,19). The second kappa shape index (κ2) is 5.05. The van der Waals surface area contributed by atoms with Crippen LogP contribution in [-0.4, -0.2) is 23.0 Å². The van der Waals surface area contributed by atoms with Crippen molar-refractivity contribution in [3.63, 3.8) is 0 Å². The van der Waals surface area contributed by atoms with Crippen molar-refractivity contribution in [3.8, 4) is 11.4 Å². The number of rotatable bonds is 2. The maximum Gasteiger partial charge on any atom is 0.337 e. The molecule has 0 unspecified atom stereocenters. The minimum atomic E-state index is -0.347. The van der Waals surface area contributed by atoms with Crippen LogP contribution < -0.4 is 0 Å². The lowest BCUT2D eigenvalue weighted by molar-refractivity contribution is 0.0601. The number of carbonyl (C=O) groups excluding carboxylic acids is 1. The summed E-state index contributed by atoms with van der Waals surface area (Å²) in [6.07, 6.45) is 0. The summed E-state index contributed by atoms with van der Waals surface area (Å²) in [6.45, 7) is 4.16. The second-order valence-electron chi connectivity index (χ2n) is 5.06. The van der Waals surface area contributed by atoms with Crippen molar-refractivity contribution < 1.29 is 9.53 Å². The molecule has 0 aliphatic heterocycles. The van der Waals surface area contributed by atoms with E-state index in [9.17, 15) is 4.79 Å². The van der Waals surface area contributed by atoms with E-state index in [1.54, 1.807) is 12.1 Å². The first kappa shape index (κ1) is 13.4. The van der Waals surface area contributed by atoms with E-state index in [0.29, 0.717) is 5.56 Å². The van der Waals surface area contributed by atoms with Gasteiger partial charge in [0, 0.05) is 5.56 Å². The summed E-state index contributed by atoms with van der Waals surface area (Å²) in [6, 6.07) is 11.5. The van der Waals surface area contributed by atoms with Crippen molar-refractivity contribution in [1.82, 2.24) is 9.97 Å². The second-order valence-corrected chi connectivity index (χ2v) is 5.06. The maximum absolute atomic E-state index is 11.6. The number of hydrogen-bond donors (Lipinski definition) is 1. The Morgan fingerprint density at radius 3 is 2.76 bits per heavy atom. The number of aromatic nitrogens is 2. The molecule has 0 atom stereocenters. The molecular weight excluding hydrogens is 264 g/mol. The smallest absolute Gasteiger partial charge is 0.337 e. The van der Waals surface area contributed by atoms with Gasteiger partial charge in [-0.05, 0) is 43.2 Å². The van der Waals surface area contributed by atoms with E-state index in [1.807, 2.05) is 18.2 Å². The fourth-order valence-electron chi connectivity index (χ4n) is 2.39. The molecule has 4 heteroatoms. The molecule has 0 bridgehead atoms. The largest absolute Gasteiger partial charge is 0.465 e. The Kier molecular flexibility index (Phi) is 3.22. The molecule has 0 saturated heterocycles. The van der Waals surface area contributed by atoms with E-state index >= 15 is 0 Å². The van der Waals surface area contributed by atoms with Gasteiger partial charge in [-0.2, -0.15) is 0 Å². The summed E-state index contributed by atoms with van der Waals surface area (Å²) in [5.41, 5.74) is 5.67. The number of nitrogens with zero attached hydrogens (tertiary/aromatic N) is 1. The van der Waals surface area contributed by atoms with E-state index < -0.39 is 0 Å². The number of ether oxygens (including phenoxy) is 1.